The number of aliphatic hydroxyl groups is 1. The van der Waals surface area contributed by atoms with Crippen molar-refractivity contribution in [2.75, 3.05) is 6.54 Å². The molecular weight excluding hydrogens is 308 g/mol. The van der Waals surface area contributed by atoms with Crippen LogP contribution in [0, 0.1) is 6.92 Å². The molecule has 1 atom stereocenters. The highest BCUT2D eigenvalue weighted by atomic mass is 79.9. The SMILES string of the molecule is Cc1cc(C(=O)NCC(C)O)c2ccc(Br)cc2n1. The summed E-state index contributed by atoms with van der Waals surface area (Å²) < 4.78 is 0.924. The summed E-state index contributed by atoms with van der Waals surface area (Å²) in [4.78, 5) is 16.6. The Morgan fingerprint density at radius 3 is 2.89 bits per heavy atom. The number of hydrogen-bond acceptors (Lipinski definition) is 3. The van der Waals surface area contributed by atoms with Gasteiger partial charge in [0.05, 0.1) is 17.2 Å². The predicted molar refractivity (Wildman–Crippen MR) is 78.2 cm³/mol. The van der Waals surface area contributed by atoms with Gasteiger partial charge in [-0.3, -0.25) is 9.78 Å². The number of hydrogen-bond donors (Lipinski definition) is 2. The Labute approximate surface area is 120 Å². The summed E-state index contributed by atoms with van der Waals surface area (Å²) in [5.41, 5.74) is 2.14. The summed E-state index contributed by atoms with van der Waals surface area (Å²) >= 11 is 3.39. The van der Waals surface area contributed by atoms with Gasteiger partial charge in [0.1, 0.15) is 0 Å². The second-order valence-corrected chi connectivity index (χ2v) is 5.45. The van der Waals surface area contributed by atoms with Crippen LogP contribution in [0.1, 0.15) is 23.0 Å². The van der Waals surface area contributed by atoms with Gasteiger partial charge >= 0.3 is 0 Å². The van der Waals surface area contributed by atoms with Gasteiger partial charge in [0, 0.05) is 22.1 Å². The molecule has 100 valence electrons. The van der Waals surface area contributed by atoms with Crippen LogP contribution in [0.2, 0.25) is 0 Å². The maximum Gasteiger partial charge on any atom is 0.252 e. The van der Waals surface area contributed by atoms with Crippen molar-refractivity contribution in [2.24, 2.45) is 0 Å². The molecule has 1 aromatic carbocycles. The lowest BCUT2D eigenvalue weighted by Gasteiger charge is -2.10. The number of aryl methyl sites for hydroxylation is 1. The number of carbonyl (C=O) groups is 1. The highest BCUT2D eigenvalue weighted by Crippen LogP contribution is 2.22. The van der Waals surface area contributed by atoms with E-state index in [2.05, 4.69) is 26.2 Å². The van der Waals surface area contributed by atoms with E-state index < -0.39 is 6.10 Å². The molecule has 2 N–H and O–H groups in total. The standard InChI is InChI=1S/C14H15BrN2O2/c1-8-5-12(14(19)16-7-9(2)18)11-4-3-10(15)6-13(11)17-8/h3-6,9,18H,7H2,1-2H3,(H,16,19). The lowest BCUT2D eigenvalue weighted by atomic mass is 10.1. The zero-order valence-corrected chi connectivity index (χ0v) is 12.4. The number of aromatic nitrogens is 1. The molecule has 2 rings (SSSR count). The number of halogens is 1. The monoisotopic (exact) mass is 322 g/mol. The van der Waals surface area contributed by atoms with Gasteiger partial charge in [0.2, 0.25) is 0 Å². The first-order chi connectivity index (χ1) is 8.97. The Morgan fingerprint density at radius 1 is 1.47 bits per heavy atom. The van der Waals surface area contributed by atoms with E-state index in [1.165, 1.54) is 0 Å². The van der Waals surface area contributed by atoms with E-state index in [4.69, 9.17) is 0 Å². The number of nitrogens with zero attached hydrogens (tertiary/aromatic N) is 1. The first kappa shape index (κ1) is 14.0. The third kappa shape index (κ3) is 3.30. The number of rotatable bonds is 3. The summed E-state index contributed by atoms with van der Waals surface area (Å²) in [6.45, 7) is 3.72. The summed E-state index contributed by atoms with van der Waals surface area (Å²) in [5.74, 6) is -0.196. The fourth-order valence-electron chi connectivity index (χ4n) is 1.86. The molecular formula is C14H15BrN2O2. The normalized spacial score (nSPS) is 12.4. The smallest absolute Gasteiger partial charge is 0.252 e. The van der Waals surface area contributed by atoms with Crippen molar-refractivity contribution >= 4 is 32.7 Å². The van der Waals surface area contributed by atoms with Crippen molar-refractivity contribution in [3.8, 4) is 0 Å². The quantitative estimate of drug-likeness (QED) is 0.912. The molecule has 5 heteroatoms. The number of aliphatic hydroxyl groups excluding tert-OH is 1. The molecule has 19 heavy (non-hydrogen) atoms. The fraction of sp³-hybridized carbons (Fsp3) is 0.286. The Bertz CT molecular complexity index is 621. The lowest BCUT2D eigenvalue weighted by Crippen LogP contribution is -2.30. The van der Waals surface area contributed by atoms with Crippen molar-refractivity contribution in [3.05, 3.63) is 40.0 Å². The third-order valence-corrected chi connectivity index (χ3v) is 3.20. The first-order valence-corrected chi connectivity index (χ1v) is 6.80. The van der Waals surface area contributed by atoms with Gasteiger partial charge in [-0.05, 0) is 32.0 Å². The summed E-state index contributed by atoms with van der Waals surface area (Å²) in [5, 5.41) is 12.7. The van der Waals surface area contributed by atoms with Crippen LogP contribution in [0.15, 0.2) is 28.7 Å². The number of pyridine rings is 1. The molecule has 1 amide bonds. The van der Waals surface area contributed by atoms with Gasteiger partial charge in [-0.15, -0.1) is 0 Å². The topological polar surface area (TPSA) is 62.2 Å². The van der Waals surface area contributed by atoms with Gasteiger partial charge in [0.25, 0.3) is 5.91 Å². The number of benzene rings is 1. The number of nitrogens with one attached hydrogen (secondary N) is 1. The Morgan fingerprint density at radius 2 is 2.21 bits per heavy atom. The second kappa shape index (κ2) is 5.67. The Balaban J connectivity index is 2.44. The molecule has 2 aromatic rings. The summed E-state index contributed by atoms with van der Waals surface area (Å²) in [7, 11) is 0. The van der Waals surface area contributed by atoms with E-state index in [9.17, 15) is 9.90 Å². The summed E-state index contributed by atoms with van der Waals surface area (Å²) in [6, 6.07) is 7.38. The molecule has 0 aliphatic rings. The number of fused-ring (bicyclic) bond motifs is 1. The zero-order chi connectivity index (χ0) is 14.0. The van der Waals surface area contributed by atoms with Gasteiger partial charge in [0.15, 0.2) is 0 Å². The van der Waals surface area contributed by atoms with Crippen LogP contribution in [0.5, 0.6) is 0 Å². The Hall–Kier alpha value is -1.46. The molecule has 0 aliphatic heterocycles. The van der Waals surface area contributed by atoms with Crippen molar-refractivity contribution in [2.45, 2.75) is 20.0 Å². The third-order valence-electron chi connectivity index (χ3n) is 2.70. The van der Waals surface area contributed by atoms with Gasteiger partial charge in [-0.25, -0.2) is 0 Å². The van der Waals surface area contributed by atoms with E-state index >= 15 is 0 Å². The van der Waals surface area contributed by atoms with E-state index in [1.807, 2.05) is 25.1 Å². The van der Waals surface area contributed by atoms with E-state index in [0.717, 1.165) is 21.1 Å². The molecule has 1 unspecified atom stereocenters. The van der Waals surface area contributed by atoms with E-state index in [-0.39, 0.29) is 12.5 Å². The molecule has 0 bridgehead atoms. The molecule has 0 saturated heterocycles. The largest absolute Gasteiger partial charge is 0.392 e. The van der Waals surface area contributed by atoms with E-state index in [1.54, 1.807) is 13.0 Å². The van der Waals surface area contributed by atoms with E-state index in [0.29, 0.717) is 5.56 Å². The highest BCUT2D eigenvalue weighted by molar-refractivity contribution is 9.10. The molecule has 0 fully saturated rings. The lowest BCUT2D eigenvalue weighted by molar-refractivity contribution is 0.0925. The molecule has 1 heterocycles. The second-order valence-electron chi connectivity index (χ2n) is 4.53. The van der Waals surface area contributed by atoms with Crippen LogP contribution in [0.3, 0.4) is 0 Å². The van der Waals surface area contributed by atoms with Crippen molar-refractivity contribution in [1.82, 2.24) is 10.3 Å². The van der Waals surface area contributed by atoms with Crippen molar-refractivity contribution in [1.29, 1.82) is 0 Å². The predicted octanol–water partition coefficient (Wildman–Crippen LogP) is 2.42. The van der Waals surface area contributed by atoms with Gasteiger partial charge in [-0.2, -0.15) is 0 Å². The highest BCUT2D eigenvalue weighted by Gasteiger charge is 2.12. The van der Waals surface area contributed by atoms with Crippen LogP contribution in [0.4, 0.5) is 0 Å². The van der Waals surface area contributed by atoms with Crippen LogP contribution in [0.25, 0.3) is 10.9 Å². The minimum atomic E-state index is -0.563. The molecule has 0 spiro atoms. The number of carbonyl (C=O) groups excluding carboxylic acids is 1. The van der Waals surface area contributed by atoms with Crippen LogP contribution < -0.4 is 5.32 Å². The first-order valence-electron chi connectivity index (χ1n) is 6.00. The maximum atomic E-state index is 12.1. The van der Waals surface area contributed by atoms with Crippen molar-refractivity contribution < 1.29 is 9.90 Å². The zero-order valence-electron chi connectivity index (χ0n) is 10.8. The minimum Gasteiger partial charge on any atom is -0.392 e. The van der Waals surface area contributed by atoms with Crippen molar-refractivity contribution in [3.63, 3.8) is 0 Å². The molecule has 0 aliphatic carbocycles. The van der Waals surface area contributed by atoms with Gasteiger partial charge in [-0.1, -0.05) is 22.0 Å². The molecule has 0 saturated carbocycles. The van der Waals surface area contributed by atoms with Crippen LogP contribution in [-0.2, 0) is 0 Å². The minimum absolute atomic E-state index is 0.196. The Kier molecular flexibility index (Phi) is 4.17. The molecule has 4 nitrogen and oxygen atoms in total. The number of amides is 1. The average Bonchev–Trinajstić information content (AvgIpc) is 2.34. The van der Waals surface area contributed by atoms with Crippen LogP contribution in [-0.4, -0.2) is 28.6 Å². The summed E-state index contributed by atoms with van der Waals surface area (Å²) in [6.07, 6.45) is -0.563. The van der Waals surface area contributed by atoms with Crippen LogP contribution >= 0.6 is 15.9 Å². The molecule has 0 radical (unpaired) electrons. The fourth-order valence-corrected chi connectivity index (χ4v) is 2.21. The molecule has 1 aromatic heterocycles. The average molecular weight is 323 g/mol. The van der Waals surface area contributed by atoms with Gasteiger partial charge < -0.3 is 10.4 Å². The maximum absolute atomic E-state index is 12.1.